The van der Waals surface area contributed by atoms with Crippen molar-refractivity contribution in [2.24, 2.45) is 13.0 Å². The van der Waals surface area contributed by atoms with Crippen molar-refractivity contribution in [3.05, 3.63) is 53.4 Å². The molecule has 1 aliphatic heterocycles. The highest BCUT2D eigenvalue weighted by Gasteiger charge is 2.32. The van der Waals surface area contributed by atoms with E-state index >= 15 is 0 Å². The molecule has 0 N–H and O–H groups in total. The van der Waals surface area contributed by atoms with E-state index in [4.69, 9.17) is 0 Å². The van der Waals surface area contributed by atoms with Crippen molar-refractivity contribution in [3.63, 3.8) is 0 Å². The SMILES string of the molecule is Cn1ncc(C(=O)N2CCCC3CCCC=C32)c1-c1cccc(C=O)c1. The third kappa shape index (κ3) is 2.87. The second-order valence-corrected chi connectivity index (χ2v) is 7.13. The quantitative estimate of drug-likeness (QED) is 0.792. The van der Waals surface area contributed by atoms with Crippen LogP contribution < -0.4 is 0 Å². The zero-order valence-corrected chi connectivity index (χ0v) is 15.0. The van der Waals surface area contributed by atoms with Gasteiger partial charge < -0.3 is 4.90 Å². The molecule has 1 aliphatic carbocycles. The molecule has 0 saturated carbocycles. The van der Waals surface area contributed by atoms with Gasteiger partial charge in [-0.05, 0) is 44.1 Å². The number of likely N-dealkylation sites (tertiary alicyclic amines) is 1. The van der Waals surface area contributed by atoms with Crippen molar-refractivity contribution in [2.75, 3.05) is 6.54 Å². The van der Waals surface area contributed by atoms with Crippen molar-refractivity contribution in [1.82, 2.24) is 14.7 Å². The summed E-state index contributed by atoms with van der Waals surface area (Å²) in [7, 11) is 1.83. The Hall–Kier alpha value is -2.69. The summed E-state index contributed by atoms with van der Waals surface area (Å²) in [4.78, 5) is 26.5. The van der Waals surface area contributed by atoms with Crippen LogP contribution in [0.1, 0.15) is 52.8 Å². The van der Waals surface area contributed by atoms with Crippen LogP contribution in [-0.2, 0) is 7.05 Å². The molecule has 1 aromatic heterocycles. The van der Waals surface area contributed by atoms with E-state index < -0.39 is 0 Å². The molecule has 1 aromatic carbocycles. The lowest BCUT2D eigenvalue weighted by atomic mass is 9.84. The number of benzene rings is 1. The summed E-state index contributed by atoms with van der Waals surface area (Å²) >= 11 is 0. The lowest BCUT2D eigenvalue weighted by Crippen LogP contribution is -2.39. The molecule has 1 unspecified atom stereocenters. The second kappa shape index (κ2) is 6.90. The molecule has 0 spiro atoms. The number of nitrogens with zero attached hydrogens (tertiary/aromatic N) is 3. The van der Waals surface area contributed by atoms with E-state index in [-0.39, 0.29) is 5.91 Å². The van der Waals surface area contributed by atoms with E-state index in [0.29, 0.717) is 17.0 Å². The number of aldehydes is 1. The van der Waals surface area contributed by atoms with Crippen LogP contribution in [0.4, 0.5) is 0 Å². The Morgan fingerprint density at radius 1 is 1.27 bits per heavy atom. The molecule has 0 radical (unpaired) electrons. The number of aromatic nitrogens is 2. The molecule has 2 aliphatic rings. The van der Waals surface area contributed by atoms with Crippen LogP contribution in [0.5, 0.6) is 0 Å². The lowest BCUT2D eigenvalue weighted by Gasteiger charge is -2.38. The first kappa shape index (κ1) is 16.8. The number of hydrogen-bond acceptors (Lipinski definition) is 3. The van der Waals surface area contributed by atoms with Gasteiger partial charge in [0.15, 0.2) is 0 Å². The van der Waals surface area contributed by atoms with E-state index in [1.165, 1.54) is 25.0 Å². The predicted octanol–water partition coefficient (Wildman–Crippen LogP) is 3.82. The first-order valence-corrected chi connectivity index (χ1v) is 9.28. The number of amides is 1. The van der Waals surface area contributed by atoms with Crippen LogP contribution in [0.15, 0.2) is 42.2 Å². The third-order valence-electron chi connectivity index (χ3n) is 5.48. The zero-order chi connectivity index (χ0) is 18.1. The van der Waals surface area contributed by atoms with Gasteiger partial charge in [0.2, 0.25) is 0 Å². The molecule has 1 atom stereocenters. The fraction of sp³-hybridized carbons (Fsp3) is 0.381. The van der Waals surface area contributed by atoms with E-state index in [9.17, 15) is 9.59 Å². The lowest BCUT2D eigenvalue weighted by molar-refractivity contribution is 0.0749. The van der Waals surface area contributed by atoms with Crippen molar-refractivity contribution in [3.8, 4) is 11.3 Å². The van der Waals surface area contributed by atoms with Crippen molar-refractivity contribution >= 4 is 12.2 Å². The fourth-order valence-electron chi connectivity index (χ4n) is 4.24. The Balaban J connectivity index is 1.73. The number of fused-ring (bicyclic) bond motifs is 1. The molecule has 26 heavy (non-hydrogen) atoms. The summed E-state index contributed by atoms with van der Waals surface area (Å²) in [6.07, 6.45) is 10.4. The average Bonchev–Trinajstić information content (AvgIpc) is 3.08. The van der Waals surface area contributed by atoms with Gasteiger partial charge >= 0.3 is 0 Å². The maximum atomic E-state index is 13.4. The van der Waals surface area contributed by atoms with Gasteiger partial charge in [-0.3, -0.25) is 14.3 Å². The Morgan fingerprint density at radius 2 is 2.12 bits per heavy atom. The molecule has 1 amide bonds. The van der Waals surface area contributed by atoms with Crippen molar-refractivity contribution < 1.29 is 9.59 Å². The highest BCUT2D eigenvalue weighted by molar-refractivity contribution is 6.01. The number of piperidine rings is 1. The minimum atomic E-state index is 0.0162. The summed E-state index contributed by atoms with van der Waals surface area (Å²) in [5.41, 5.74) is 3.99. The monoisotopic (exact) mass is 349 g/mol. The molecule has 134 valence electrons. The summed E-state index contributed by atoms with van der Waals surface area (Å²) < 4.78 is 1.72. The Bertz CT molecular complexity index is 881. The number of hydrogen-bond donors (Lipinski definition) is 0. The fourth-order valence-corrected chi connectivity index (χ4v) is 4.24. The molecule has 2 aromatic rings. The van der Waals surface area contributed by atoms with Gasteiger partial charge in [0.1, 0.15) is 6.29 Å². The Morgan fingerprint density at radius 3 is 2.96 bits per heavy atom. The number of carbonyl (C=O) groups excluding carboxylic acids is 2. The van der Waals surface area contributed by atoms with Crippen LogP contribution in [0.2, 0.25) is 0 Å². The molecule has 1 fully saturated rings. The van der Waals surface area contributed by atoms with Crippen LogP contribution in [0.25, 0.3) is 11.3 Å². The Kier molecular flexibility index (Phi) is 4.45. The molecule has 5 nitrogen and oxygen atoms in total. The second-order valence-electron chi connectivity index (χ2n) is 7.13. The van der Waals surface area contributed by atoms with Gasteiger partial charge in [-0.25, -0.2) is 0 Å². The van der Waals surface area contributed by atoms with Gasteiger partial charge in [-0.1, -0.05) is 24.3 Å². The molecule has 2 heterocycles. The van der Waals surface area contributed by atoms with Gasteiger partial charge in [0.25, 0.3) is 5.91 Å². The summed E-state index contributed by atoms with van der Waals surface area (Å²) in [6.45, 7) is 0.768. The first-order chi connectivity index (χ1) is 12.7. The molecule has 5 heteroatoms. The molecular formula is C21H23N3O2. The smallest absolute Gasteiger partial charge is 0.261 e. The molecular weight excluding hydrogens is 326 g/mol. The van der Waals surface area contributed by atoms with Crippen LogP contribution in [0, 0.1) is 5.92 Å². The predicted molar refractivity (Wildman–Crippen MR) is 99.7 cm³/mol. The number of carbonyl (C=O) groups is 2. The van der Waals surface area contributed by atoms with E-state index in [1.807, 2.05) is 24.1 Å². The van der Waals surface area contributed by atoms with E-state index in [2.05, 4.69) is 11.2 Å². The number of allylic oxidation sites excluding steroid dienone is 2. The molecule has 1 saturated heterocycles. The van der Waals surface area contributed by atoms with Gasteiger partial charge in [-0.2, -0.15) is 5.10 Å². The first-order valence-electron chi connectivity index (χ1n) is 9.28. The van der Waals surface area contributed by atoms with Crippen LogP contribution >= 0.6 is 0 Å². The minimum absolute atomic E-state index is 0.0162. The normalized spacial score (nSPS) is 19.7. The largest absolute Gasteiger partial charge is 0.312 e. The van der Waals surface area contributed by atoms with Gasteiger partial charge in [-0.15, -0.1) is 0 Å². The Labute approximate surface area is 153 Å². The van der Waals surface area contributed by atoms with Crippen LogP contribution in [0.3, 0.4) is 0 Å². The summed E-state index contributed by atoms with van der Waals surface area (Å²) in [5.74, 6) is 0.530. The van der Waals surface area contributed by atoms with E-state index in [0.717, 1.165) is 36.9 Å². The summed E-state index contributed by atoms with van der Waals surface area (Å²) in [6, 6.07) is 7.32. The maximum Gasteiger partial charge on any atom is 0.261 e. The molecule has 0 bridgehead atoms. The highest BCUT2D eigenvalue weighted by Crippen LogP contribution is 2.36. The maximum absolute atomic E-state index is 13.4. The zero-order valence-electron chi connectivity index (χ0n) is 15.0. The average molecular weight is 349 g/mol. The summed E-state index contributed by atoms with van der Waals surface area (Å²) in [5, 5.41) is 4.33. The number of aryl methyl sites for hydroxylation is 1. The number of rotatable bonds is 3. The van der Waals surface area contributed by atoms with Crippen molar-refractivity contribution in [1.29, 1.82) is 0 Å². The topological polar surface area (TPSA) is 55.2 Å². The standard InChI is InChI=1S/C21H23N3O2/c1-23-20(17-8-4-6-15(12-17)14-25)18(13-22-23)21(26)24-11-5-9-16-7-2-3-10-19(16)24/h4,6,8,10,12-14,16H,2-3,5,7,9,11H2,1H3. The van der Waals surface area contributed by atoms with E-state index in [1.54, 1.807) is 23.0 Å². The van der Waals surface area contributed by atoms with Crippen LogP contribution in [-0.4, -0.2) is 33.4 Å². The minimum Gasteiger partial charge on any atom is -0.312 e. The van der Waals surface area contributed by atoms with Gasteiger partial charge in [0.05, 0.1) is 17.5 Å². The molecule has 4 rings (SSSR count). The highest BCUT2D eigenvalue weighted by atomic mass is 16.2. The van der Waals surface area contributed by atoms with Crippen molar-refractivity contribution in [2.45, 2.75) is 32.1 Å². The third-order valence-corrected chi connectivity index (χ3v) is 5.48. The van der Waals surface area contributed by atoms with Gasteiger partial charge in [0, 0.05) is 30.4 Å².